The summed E-state index contributed by atoms with van der Waals surface area (Å²) in [6.07, 6.45) is 1.86. The topological polar surface area (TPSA) is 31.2 Å². The molecule has 18 heavy (non-hydrogen) atoms. The number of halogens is 1. The predicted octanol–water partition coefficient (Wildman–Crippen LogP) is 3.37. The van der Waals surface area contributed by atoms with E-state index < -0.39 is 0 Å². The second-order valence-corrected chi connectivity index (χ2v) is 4.30. The first-order chi connectivity index (χ1) is 8.70. The van der Waals surface area contributed by atoms with E-state index in [0.717, 1.165) is 5.56 Å². The van der Waals surface area contributed by atoms with Gasteiger partial charge in [-0.3, -0.25) is 0 Å². The molecule has 3 nitrogen and oxygen atoms in total. The van der Waals surface area contributed by atoms with E-state index in [9.17, 15) is 4.79 Å². The van der Waals surface area contributed by atoms with Crippen molar-refractivity contribution >= 4 is 17.6 Å². The molecule has 0 N–H and O–H groups in total. The molecule has 1 heterocycles. The summed E-state index contributed by atoms with van der Waals surface area (Å²) < 4.78 is 6.87. The van der Waals surface area contributed by atoms with Gasteiger partial charge in [-0.1, -0.05) is 23.7 Å². The van der Waals surface area contributed by atoms with Crippen LogP contribution in [-0.2, 0) is 11.3 Å². The fourth-order valence-electron chi connectivity index (χ4n) is 1.73. The Kier molecular flexibility index (Phi) is 4.05. The summed E-state index contributed by atoms with van der Waals surface area (Å²) in [6.45, 7) is 2.80. The molecule has 0 aliphatic rings. The fourth-order valence-corrected chi connectivity index (χ4v) is 1.85. The van der Waals surface area contributed by atoms with Gasteiger partial charge in [0, 0.05) is 17.8 Å². The molecular weight excluding hydrogens is 250 g/mol. The number of carbonyl (C=O) groups excluding carboxylic acids is 1. The maximum absolute atomic E-state index is 11.7. The third-order valence-corrected chi connectivity index (χ3v) is 2.83. The van der Waals surface area contributed by atoms with Crippen LogP contribution < -0.4 is 0 Å². The minimum Gasteiger partial charge on any atom is -0.461 e. The number of aromatic nitrogens is 1. The molecule has 0 aliphatic carbocycles. The Balaban J connectivity index is 2.17. The van der Waals surface area contributed by atoms with Crippen molar-refractivity contribution in [3.8, 4) is 0 Å². The molecule has 0 radical (unpaired) electrons. The van der Waals surface area contributed by atoms with Gasteiger partial charge < -0.3 is 9.30 Å². The van der Waals surface area contributed by atoms with Gasteiger partial charge in [0.15, 0.2) is 0 Å². The van der Waals surface area contributed by atoms with Gasteiger partial charge in [0.2, 0.25) is 0 Å². The van der Waals surface area contributed by atoms with Crippen molar-refractivity contribution in [1.29, 1.82) is 0 Å². The molecule has 0 saturated carbocycles. The lowest BCUT2D eigenvalue weighted by atomic mass is 10.2. The molecule has 4 heteroatoms. The average Bonchev–Trinajstić information content (AvgIpc) is 2.81. The maximum atomic E-state index is 11.7. The molecule has 0 fully saturated rings. The van der Waals surface area contributed by atoms with Crippen LogP contribution >= 0.6 is 11.6 Å². The van der Waals surface area contributed by atoms with Gasteiger partial charge in [0.25, 0.3) is 0 Å². The maximum Gasteiger partial charge on any atom is 0.354 e. The molecule has 0 saturated heterocycles. The Morgan fingerprint density at radius 2 is 2.00 bits per heavy atom. The highest BCUT2D eigenvalue weighted by molar-refractivity contribution is 6.30. The molecule has 1 aromatic heterocycles. The second kappa shape index (κ2) is 5.74. The Bertz CT molecular complexity index is 531. The minimum absolute atomic E-state index is 0.295. The van der Waals surface area contributed by atoms with Crippen molar-refractivity contribution in [2.75, 3.05) is 6.61 Å². The molecule has 2 aromatic rings. The van der Waals surface area contributed by atoms with Gasteiger partial charge in [-0.25, -0.2) is 4.79 Å². The zero-order valence-electron chi connectivity index (χ0n) is 10.1. The van der Waals surface area contributed by atoms with Crippen molar-refractivity contribution in [2.24, 2.45) is 0 Å². The van der Waals surface area contributed by atoms with Gasteiger partial charge >= 0.3 is 5.97 Å². The monoisotopic (exact) mass is 263 g/mol. The van der Waals surface area contributed by atoms with Gasteiger partial charge in [-0.15, -0.1) is 0 Å². The van der Waals surface area contributed by atoms with Crippen molar-refractivity contribution < 1.29 is 9.53 Å². The van der Waals surface area contributed by atoms with E-state index in [4.69, 9.17) is 16.3 Å². The number of benzene rings is 1. The van der Waals surface area contributed by atoms with E-state index in [1.54, 1.807) is 13.0 Å². The standard InChI is InChI=1S/C14H14ClNO2/c1-2-18-14(17)13-4-3-9-16(13)10-11-5-7-12(15)8-6-11/h3-9H,2,10H2,1H3. The van der Waals surface area contributed by atoms with Crippen molar-refractivity contribution in [2.45, 2.75) is 13.5 Å². The third-order valence-electron chi connectivity index (χ3n) is 2.58. The Morgan fingerprint density at radius 3 is 2.67 bits per heavy atom. The van der Waals surface area contributed by atoms with Crippen LogP contribution in [0.1, 0.15) is 23.0 Å². The zero-order chi connectivity index (χ0) is 13.0. The van der Waals surface area contributed by atoms with E-state index in [1.807, 2.05) is 41.1 Å². The van der Waals surface area contributed by atoms with Crippen molar-refractivity contribution in [3.05, 3.63) is 58.9 Å². The number of hydrogen-bond acceptors (Lipinski definition) is 2. The Morgan fingerprint density at radius 1 is 1.28 bits per heavy atom. The second-order valence-electron chi connectivity index (χ2n) is 3.87. The van der Waals surface area contributed by atoms with Gasteiger partial charge in [0.1, 0.15) is 5.69 Å². The number of nitrogens with zero attached hydrogens (tertiary/aromatic N) is 1. The number of hydrogen-bond donors (Lipinski definition) is 0. The molecule has 0 atom stereocenters. The lowest BCUT2D eigenvalue weighted by Gasteiger charge is -2.08. The van der Waals surface area contributed by atoms with Gasteiger partial charge in [0.05, 0.1) is 6.61 Å². The average molecular weight is 264 g/mol. The molecule has 94 valence electrons. The summed E-state index contributed by atoms with van der Waals surface area (Å²) in [6, 6.07) is 11.2. The Hall–Kier alpha value is -1.74. The zero-order valence-corrected chi connectivity index (χ0v) is 10.9. The van der Waals surface area contributed by atoms with Gasteiger partial charge in [-0.05, 0) is 36.8 Å². The summed E-state index contributed by atoms with van der Waals surface area (Å²) >= 11 is 5.84. The number of ether oxygens (including phenoxy) is 1. The molecule has 0 unspecified atom stereocenters. The lowest BCUT2D eigenvalue weighted by molar-refractivity contribution is 0.0514. The SMILES string of the molecule is CCOC(=O)c1cccn1Cc1ccc(Cl)cc1. The molecular formula is C14H14ClNO2. The smallest absolute Gasteiger partial charge is 0.354 e. The quantitative estimate of drug-likeness (QED) is 0.792. The van der Waals surface area contributed by atoms with E-state index in [1.165, 1.54) is 0 Å². The fraction of sp³-hybridized carbons (Fsp3) is 0.214. The Labute approximate surface area is 111 Å². The largest absolute Gasteiger partial charge is 0.461 e. The van der Waals surface area contributed by atoms with Crippen LogP contribution in [0.4, 0.5) is 0 Å². The van der Waals surface area contributed by atoms with Crippen molar-refractivity contribution in [1.82, 2.24) is 4.57 Å². The summed E-state index contributed by atoms with van der Waals surface area (Å²) in [7, 11) is 0. The summed E-state index contributed by atoms with van der Waals surface area (Å²) in [5, 5.41) is 0.705. The molecule has 0 spiro atoms. The highest BCUT2D eigenvalue weighted by Gasteiger charge is 2.11. The van der Waals surface area contributed by atoms with Gasteiger partial charge in [-0.2, -0.15) is 0 Å². The first-order valence-electron chi connectivity index (χ1n) is 5.77. The normalized spacial score (nSPS) is 10.3. The first-order valence-corrected chi connectivity index (χ1v) is 6.15. The van der Waals surface area contributed by atoms with Crippen LogP contribution in [-0.4, -0.2) is 17.1 Å². The molecule has 1 aromatic carbocycles. The number of rotatable bonds is 4. The number of carbonyl (C=O) groups is 1. The van der Waals surface area contributed by atoms with Crippen LogP contribution in [0.5, 0.6) is 0 Å². The number of esters is 1. The summed E-state index contributed by atoms with van der Waals surface area (Å²) in [4.78, 5) is 11.7. The molecule has 0 amide bonds. The third kappa shape index (κ3) is 2.93. The van der Waals surface area contributed by atoms with E-state index >= 15 is 0 Å². The van der Waals surface area contributed by atoms with E-state index in [-0.39, 0.29) is 5.97 Å². The summed E-state index contributed by atoms with van der Waals surface area (Å²) in [5.74, 6) is -0.295. The molecule has 0 aliphatic heterocycles. The molecule has 0 bridgehead atoms. The van der Waals surface area contributed by atoms with Crippen LogP contribution in [0.25, 0.3) is 0 Å². The van der Waals surface area contributed by atoms with E-state index in [2.05, 4.69) is 0 Å². The van der Waals surface area contributed by atoms with Crippen LogP contribution in [0.3, 0.4) is 0 Å². The molecule has 2 rings (SSSR count). The van der Waals surface area contributed by atoms with Crippen LogP contribution in [0, 0.1) is 0 Å². The highest BCUT2D eigenvalue weighted by Crippen LogP contribution is 2.13. The van der Waals surface area contributed by atoms with Crippen molar-refractivity contribution in [3.63, 3.8) is 0 Å². The summed E-state index contributed by atoms with van der Waals surface area (Å²) in [5.41, 5.74) is 1.65. The highest BCUT2D eigenvalue weighted by atomic mass is 35.5. The lowest BCUT2D eigenvalue weighted by Crippen LogP contribution is -2.12. The van der Waals surface area contributed by atoms with Crippen LogP contribution in [0.2, 0.25) is 5.02 Å². The van der Waals surface area contributed by atoms with Crippen LogP contribution in [0.15, 0.2) is 42.6 Å². The van der Waals surface area contributed by atoms with E-state index in [0.29, 0.717) is 23.9 Å². The first kappa shape index (κ1) is 12.7. The minimum atomic E-state index is -0.295. The predicted molar refractivity (Wildman–Crippen MR) is 70.9 cm³/mol.